The molecule has 4 aromatic rings. The van der Waals surface area contributed by atoms with E-state index in [0.29, 0.717) is 18.9 Å². The first kappa shape index (κ1) is 25.4. The molecule has 1 aliphatic rings. The monoisotopic (exact) mass is 513 g/mol. The van der Waals surface area contributed by atoms with Crippen LogP contribution in [0.2, 0.25) is 0 Å². The summed E-state index contributed by atoms with van der Waals surface area (Å²) in [5, 5.41) is 3.47. The van der Waals surface area contributed by atoms with E-state index >= 15 is 0 Å². The van der Waals surface area contributed by atoms with Crippen LogP contribution in [0.5, 0.6) is 11.5 Å². The van der Waals surface area contributed by atoms with Gasteiger partial charge in [0.1, 0.15) is 23.2 Å². The number of hydrogen-bond donors (Lipinski definition) is 1. The third kappa shape index (κ3) is 5.68. The van der Waals surface area contributed by atoms with Gasteiger partial charge in [-0.05, 0) is 67.4 Å². The lowest BCUT2D eigenvalue weighted by atomic mass is 9.87. The van der Waals surface area contributed by atoms with Crippen LogP contribution in [0, 0.1) is 0 Å². The van der Waals surface area contributed by atoms with Gasteiger partial charge in [0, 0.05) is 17.8 Å². The second-order valence-corrected chi connectivity index (χ2v) is 9.68. The van der Waals surface area contributed by atoms with Gasteiger partial charge in [-0.2, -0.15) is 0 Å². The first-order valence-electron chi connectivity index (χ1n) is 12.5. The minimum Gasteiger partial charge on any atom is -0.497 e. The Kier molecular flexibility index (Phi) is 7.38. The lowest BCUT2D eigenvalue weighted by Crippen LogP contribution is -2.51. The van der Waals surface area contributed by atoms with Crippen LogP contribution in [0.4, 0.5) is 5.69 Å². The fraction of sp³-hybridized carbons (Fsp3) is 0.258. The number of benzene rings is 3. The number of furan rings is 1. The quantitative estimate of drug-likeness (QED) is 0.254. The van der Waals surface area contributed by atoms with E-state index in [1.807, 2.05) is 86.6 Å². The Balaban J connectivity index is 1.42. The standard InChI is InChI=1S/C31H31NO6/c1-31(2)29(37-30(33)27-10-7-17-35-27)28(36-20-22-8-5-4-6-9-22)25-18-23(13-16-26(25)38-31)32-19-21-11-14-24(34-3)15-12-21/h4-18,28-29,32H,19-20H2,1-3H3. The number of carbonyl (C=O) groups is 1. The molecular formula is C31H31NO6. The largest absolute Gasteiger partial charge is 0.497 e. The fourth-order valence-electron chi connectivity index (χ4n) is 4.50. The number of hydrogen-bond acceptors (Lipinski definition) is 7. The van der Waals surface area contributed by atoms with Crippen LogP contribution in [-0.2, 0) is 22.6 Å². The Bertz CT molecular complexity index is 1350. The van der Waals surface area contributed by atoms with Gasteiger partial charge < -0.3 is 28.7 Å². The Labute approximate surface area is 222 Å². The van der Waals surface area contributed by atoms with Crippen molar-refractivity contribution in [3.63, 3.8) is 0 Å². The van der Waals surface area contributed by atoms with E-state index < -0.39 is 23.8 Å². The molecule has 0 spiro atoms. The first-order chi connectivity index (χ1) is 18.4. The van der Waals surface area contributed by atoms with Crippen molar-refractivity contribution < 1.29 is 28.2 Å². The molecule has 0 fully saturated rings. The topological polar surface area (TPSA) is 79.2 Å². The van der Waals surface area contributed by atoms with E-state index in [0.717, 1.165) is 28.1 Å². The Morgan fingerprint density at radius 3 is 2.45 bits per heavy atom. The number of methoxy groups -OCH3 is 1. The summed E-state index contributed by atoms with van der Waals surface area (Å²) in [6.45, 7) is 4.76. The fourth-order valence-corrected chi connectivity index (χ4v) is 4.50. The number of esters is 1. The number of fused-ring (bicyclic) bond motifs is 1. The number of nitrogens with one attached hydrogen (secondary N) is 1. The number of rotatable bonds is 9. The van der Waals surface area contributed by atoms with Crippen molar-refractivity contribution in [1.82, 2.24) is 0 Å². The zero-order valence-corrected chi connectivity index (χ0v) is 21.7. The van der Waals surface area contributed by atoms with Crippen LogP contribution in [0.15, 0.2) is 95.6 Å². The Morgan fingerprint density at radius 2 is 1.74 bits per heavy atom. The van der Waals surface area contributed by atoms with Crippen LogP contribution in [0.25, 0.3) is 0 Å². The lowest BCUT2D eigenvalue weighted by Gasteiger charge is -2.43. The summed E-state index contributed by atoms with van der Waals surface area (Å²) in [7, 11) is 1.65. The van der Waals surface area contributed by atoms with Gasteiger partial charge >= 0.3 is 5.97 Å². The summed E-state index contributed by atoms with van der Waals surface area (Å²) in [6.07, 6.45) is 0.141. The van der Waals surface area contributed by atoms with E-state index in [2.05, 4.69) is 5.32 Å². The molecule has 5 rings (SSSR count). The first-order valence-corrected chi connectivity index (χ1v) is 12.5. The van der Waals surface area contributed by atoms with Crippen molar-refractivity contribution in [2.24, 2.45) is 0 Å². The van der Waals surface area contributed by atoms with Gasteiger partial charge in [0.05, 0.1) is 20.0 Å². The van der Waals surface area contributed by atoms with Crippen molar-refractivity contribution >= 4 is 11.7 Å². The van der Waals surface area contributed by atoms with Crippen molar-refractivity contribution in [3.8, 4) is 11.5 Å². The van der Waals surface area contributed by atoms with Crippen LogP contribution >= 0.6 is 0 Å². The van der Waals surface area contributed by atoms with E-state index in [1.54, 1.807) is 19.2 Å². The molecule has 0 bridgehead atoms. The highest BCUT2D eigenvalue weighted by atomic mass is 16.6. The molecule has 7 nitrogen and oxygen atoms in total. The predicted molar refractivity (Wildman–Crippen MR) is 143 cm³/mol. The maximum atomic E-state index is 12.9. The minimum atomic E-state index is -0.853. The minimum absolute atomic E-state index is 0.128. The van der Waals surface area contributed by atoms with Crippen molar-refractivity contribution in [3.05, 3.63) is 114 Å². The van der Waals surface area contributed by atoms with Gasteiger partial charge in [0.15, 0.2) is 6.10 Å². The molecule has 0 saturated carbocycles. The Morgan fingerprint density at radius 1 is 0.947 bits per heavy atom. The Hall–Kier alpha value is -4.23. The van der Waals surface area contributed by atoms with Crippen molar-refractivity contribution in [2.45, 2.75) is 44.8 Å². The van der Waals surface area contributed by atoms with Crippen LogP contribution in [0.3, 0.4) is 0 Å². The second kappa shape index (κ2) is 11.0. The SMILES string of the molecule is COc1ccc(CNc2ccc3c(c2)C(OCc2ccccc2)C(OC(=O)c2ccco2)C(C)(C)O3)cc1. The average Bonchev–Trinajstić information content (AvgIpc) is 3.48. The van der Waals surface area contributed by atoms with Gasteiger partial charge in [0.2, 0.25) is 5.76 Å². The van der Waals surface area contributed by atoms with E-state index in [-0.39, 0.29) is 5.76 Å². The molecule has 1 aliphatic heterocycles. The van der Waals surface area contributed by atoms with E-state index in [4.69, 9.17) is 23.4 Å². The van der Waals surface area contributed by atoms with Gasteiger partial charge in [-0.3, -0.25) is 0 Å². The summed E-state index contributed by atoms with van der Waals surface area (Å²) < 4.78 is 29.3. The summed E-state index contributed by atoms with van der Waals surface area (Å²) in [5.74, 6) is 1.06. The number of ether oxygens (including phenoxy) is 4. The third-order valence-corrected chi connectivity index (χ3v) is 6.53. The predicted octanol–water partition coefficient (Wildman–Crippen LogP) is 6.55. The molecule has 38 heavy (non-hydrogen) atoms. The summed E-state index contributed by atoms with van der Waals surface area (Å²) in [6, 6.07) is 26.9. The lowest BCUT2D eigenvalue weighted by molar-refractivity contribution is -0.144. The third-order valence-electron chi connectivity index (χ3n) is 6.53. The molecule has 0 aliphatic carbocycles. The molecular weight excluding hydrogens is 482 g/mol. The smallest absolute Gasteiger partial charge is 0.374 e. The highest BCUT2D eigenvalue weighted by Gasteiger charge is 2.48. The molecule has 0 radical (unpaired) electrons. The highest BCUT2D eigenvalue weighted by molar-refractivity contribution is 5.86. The molecule has 2 atom stereocenters. The number of carbonyl (C=O) groups excluding carboxylic acids is 1. The van der Waals surface area contributed by atoms with Gasteiger partial charge in [0.25, 0.3) is 0 Å². The molecule has 7 heteroatoms. The van der Waals surface area contributed by atoms with Gasteiger partial charge in [-0.25, -0.2) is 4.79 Å². The molecule has 3 aromatic carbocycles. The van der Waals surface area contributed by atoms with Crippen molar-refractivity contribution in [2.75, 3.05) is 12.4 Å². The normalized spacial score (nSPS) is 17.7. The molecule has 2 unspecified atom stereocenters. The second-order valence-electron chi connectivity index (χ2n) is 9.68. The average molecular weight is 514 g/mol. The summed E-state index contributed by atoms with van der Waals surface area (Å²) in [4.78, 5) is 12.9. The van der Waals surface area contributed by atoms with Crippen LogP contribution < -0.4 is 14.8 Å². The molecule has 0 saturated heterocycles. The summed E-state index contributed by atoms with van der Waals surface area (Å²) >= 11 is 0. The van der Waals surface area contributed by atoms with E-state index in [9.17, 15) is 4.79 Å². The zero-order valence-electron chi connectivity index (χ0n) is 21.7. The molecule has 196 valence electrons. The zero-order chi connectivity index (χ0) is 26.5. The van der Waals surface area contributed by atoms with Crippen LogP contribution in [-0.4, -0.2) is 24.8 Å². The van der Waals surface area contributed by atoms with Gasteiger partial charge in [-0.1, -0.05) is 42.5 Å². The molecule has 1 N–H and O–H groups in total. The number of anilines is 1. The maximum Gasteiger partial charge on any atom is 0.374 e. The molecule has 0 amide bonds. The van der Waals surface area contributed by atoms with Crippen LogP contribution in [0.1, 0.15) is 47.2 Å². The summed E-state index contributed by atoms with van der Waals surface area (Å²) in [5.41, 5.74) is 2.98. The van der Waals surface area contributed by atoms with E-state index in [1.165, 1.54) is 6.26 Å². The van der Waals surface area contributed by atoms with Gasteiger partial charge in [-0.15, -0.1) is 0 Å². The molecule has 1 aromatic heterocycles. The maximum absolute atomic E-state index is 12.9. The highest BCUT2D eigenvalue weighted by Crippen LogP contribution is 2.45. The van der Waals surface area contributed by atoms with Crippen molar-refractivity contribution in [1.29, 1.82) is 0 Å². The molecule has 2 heterocycles.